The van der Waals surface area contributed by atoms with Crippen molar-refractivity contribution in [2.45, 2.75) is 45.4 Å². The lowest BCUT2D eigenvalue weighted by molar-refractivity contribution is -0.137. The number of aryl methyl sites for hydroxylation is 1. The number of benzene rings is 2. The lowest BCUT2D eigenvalue weighted by atomic mass is 10.1. The fraction of sp³-hybridized carbons (Fsp3) is 0.381. The molecule has 0 spiro atoms. The van der Waals surface area contributed by atoms with Gasteiger partial charge in [-0.2, -0.15) is 10.2 Å². The molecule has 5 heteroatoms. The van der Waals surface area contributed by atoms with Crippen molar-refractivity contribution in [2.24, 2.45) is 10.2 Å². The van der Waals surface area contributed by atoms with Gasteiger partial charge in [0.2, 0.25) is 0 Å². The zero-order chi connectivity index (χ0) is 18.6. The fourth-order valence-corrected chi connectivity index (χ4v) is 2.58. The molecule has 2 aromatic carbocycles. The van der Waals surface area contributed by atoms with Gasteiger partial charge in [-0.25, -0.2) is 0 Å². The molecular formula is C21H26N2O3. The molecule has 2 aromatic rings. The summed E-state index contributed by atoms with van der Waals surface area (Å²) in [5.41, 5.74) is 2.88. The molecule has 138 valence electrons. The molecule has 0 aliphatic rings. The van der Waals surface area contributed by atoms with Gasteiger partial charge < -0.3 is 9.84 Å². The summed E-state index contributed by atoms with van der Waals surface area (Å²) in [4.78, 5) is 10.4. The maximum atomic E-state index is 10.4. The summed E-state index contributed by atoms with van der Waals surface area (Å²) in [7, 11) is 0. The van der Waals surface area contributed by atoms with Crippen LogP contribution in [0.1, 0.15) is 44.6 Å². The van der Waals surface area contributed by atoms with E-state index < -0.39 is 5.97 Å². The van der Waals surface area contributed by atoms with Gasteiger partial charge in [-0.1, -0.05) is 25.0 Å². The van der Waals surface area contributed by atoms with Crippen molar-refractivity contribution in [3.05, 3.63) is 54.1 Å². The van der Waals surface area contributed by atoms with E-state index in [9.17, 15) is 4.79 Å². The van der Waals surface area contributed by atoms with E-state index >= 15 is 0 Å². The molecule has 0 bridgehead atoms. The van der Waals surface area contributed by atoms with Crippen molar-refractivity contribution in [1.82, 2.24) is 0 Å². The first-order chi connectivity index (χ1) is 12.7. The fourth-order valence-electron chi connectivity index (χ4n) is 2.58. The summed E-state index contributed by atoms with van der Waals surface area (Å²) >= 11 is 0. The molecule has 0 radical (unpaired) electrons. The van der Waals surface area contributed by atoms with Crippen molar-refractivity contribution in [3.8, 4) is 5.75 Å². The van der Waals surface area contributed by atoms with Crippen LogP contribution in [0, 0.1) is 0 Å². The monoisotopic (exact) mass is 354 g/mol. The van der Waals surface area contributed by atoms with E-state index in [4.69, 9.17) is 9.84 Å². The summed E-state index contributed by atoms with van der Waals surface area (Å²) in [5, 5.41) is 17.1. The van der Waals surface area contributed by atoms with Gasteiger partial charge in [-0.3, -0.25) is 4.79 Å². The lowest BCUT2D eigenvalue weighted by Crippen LogP contribution is -1.93. The highest BCUT2D eigenvalue weighted by molar-refractivity contribution is 5.66. The van der Waals surface area contributed by atoms with Gasteiger partial charge >= 0.3 is 5.97 Å². The molecule has 0 fully saturated rings. The SMILES string of the molecule is CCOc1ccc(N=Nc2ccc(CCCCCCC(=O)O)cc2)cc1. The quantitative estimate of drug-likeness (QED) is 0.393. The Hall–Kier alpha value is -2.69. The second-order valence-electron chi connectivity index (χ2n) is 6.10. The minimum Gasteiger partial charge on any atom is -0.494 e. The van der Waals surface area contributed by atoms with Gasteiger partial charge in [0.25, 0.3) is 0 Å². The van der Waals surface area contributed by atoms with Gasteiger partial charge in [0.05, 0.1) is 18.0 Å². The summed E-state index contributed by atoms with van der Waals surface area (Å²) in [6, 6.07) is 15.6. The van der Waals surface area contributed by atoms with Crippen LogP contribution in [0.5, 0.6) is 5.75 Å². The summed E-state index contributed by atoms with van der Waals surface area (Å²) in [6.07, 6.45) is 5.15. The third kappa shape index (κ3) is 7.47. The highest BCUT2D eigenvalue weighted by Gasteiger charge is 1.98. The average molecular weight is 354 g/mol. The molecule has 5 nitrogen and oxygen atoms in total. The predicted octanol–water partition coefficient (Wildman–Crippen LogP) is 6.08. The first-order valence-corrected chi connectivity index (χ1v) is 9.12. The van der Waals surface area contributed by atoms with Crippen molar-refractivity contribution in [2.75, 3.05) is 6.61 Å². The number of nitrogens with zero attached hydrogens (tertiary/aromatic N) is 2. The van der Waals surface area contributed by atoms with Crippen LogP contribution in [0.25, 0.3) is 0 Å². The lowest BCUT2D eigenvalue weighted by Gasteiger charge is -2.03. The van der Waals surface area contributed by atoms with Crippen LogP contribution in [0.4, 0.5) is 11.4 Å². The van der Waals surface area contributed by atoms with Gasteiger partial charge in [0, 0.05) is 6.42 Å². The third-order valence-corrected chi connectivity index (χ3v) is 3.97. The standard InChI is InChI=1S/C21H26N2O3/c1-2-26-20-15-13-19(14-16-20)23-22-18-11-9-17(10-12-18)7-5-3-4-6-8-21(24)25/h9-16H,2-8H2,1H3,(H,24,25). The Kier molecular flexibility index (Phi) is 8.33. The van der Waals surface area contributed by atoms with Crippen LogP contribution in [0.15, 0.2) is 58.8 Å². The number of ether oxygens (including phenoxy) is 1. The summed E-state index contributed by atoms with van der Waals surface area (Å²) in [6.45, 7) is 2.60. The first-order valence-electron chi connectivity index (χ1n) is 9.12. The van der Waals surface area contributed by atoms with E-state index in [0.717, 1.165) is 49.2 Å². The Labute approximate surface area is 154 Å². The smallest absolute Gasteiger partial charge is 0.303 e. The van der Waals surface area contributed by atoms with E-state index in [0.29, 0.717) is 6.61 Å². The average Bonchev–Trinajstić information content (AvgIpc) is 2.65. The summed E-state index contributed by atoms with van der Waals surface area (Å²) < 4.78 is 5.40. The van der Waals surface area contributed by atoms with E-state index in [1.54, 1.807) is 0 Å². The molecule has 0 aliphatic heterocycles. The van der Waals surface area contributed by atoms with Crippen LogP contribution in [0.3, 0.4) is 0 Å². The normalized spacial score (nSPS) is 11.0. The molecule has 0 atom stereocenters. The predicted molar refractivity (Wildman–Crippen MR) is 103 cm³/mol. The molecule has 2 rings (SSSR count). The van der Waals surface area contributed by atoms with Crippen molar-refractivity contribution < 1.29 is 14.6 Å². The van der Waals surface area contributed by atoms with Crippen LogP contribution < -0.4 is 4.74 Å². The largest absolute Gasteiger partial charge is 0.494 e. The number of carbonyl (C=O) groups is 1. The van der Waals surface area contributed by atoms with Crippen LogP contribution >= 0.6 is 0 Å². The highest BCUT2D eigenvalue weighted by atomic mass is 16.5. The number of rotatable bonds is 11. The number of carboxylic acids is 1. The van der Waals surface area contributed by atoms with Gasteiger partial charge in [-0.05, 0) is 68.1 Å². The number of hydrogen-bond donors (Lipinski definition) is 1. The Morgan fingerprint density at radius 2 is 1.46 bits per heavy atom. The second kappa shape index (κ2) is 11.0. The highest BCUT2D eigenvalue weighted by Crippen LogP contribution is 2.22. The Morgan fingerprint density at radius 3 is 2.04 bits per heavy atom. The molecule has 0 unspecified atom stereocenters. The Balaban J connectivity index is 1.75. The number of unbranched alkanes of at least 4 members (excludes halogenated alkanes) is 3. The minimum absolute atomic E-state index is 0.272. The molecule has 0 saturated heterocycles. The number of hydrogen-bond acceptors (Lipinski definition) is 4. The molecule has 0 saturated carbocycles. The van der Waals surface area contributed by atoms with Crippen molar-refractivity contribution in [1.29, 1.82) is 0 Å². The number of carboxylic acid groups (broad SMARTS) is 1. The zero-order valence-electron chi connectivity index (χ0n) is 15.2. The van der Waals surface area contributed by atoms with Crippen molar-refractivity contribution >= 4 is 17.3 Å². The van der Waals surface area contributed by atoms with E-state index in [-0.39, 0.29) is 6.42 Å². The molecule has 0 aromatic heterocycles. The van der Waals surface area contributed by atoms with Crippen molar-refractivity contribution in [3.63, 3.8) is 0 Å². The second-order valence-corrected chi connectivity index (χ2v) is 6.10. The Bertz CT molecular complexity index is 694. The number of azo groups is 1. The molecule has 0 aliphatic carbocycles. The van der Waals surface area contributed by atoms with Gasteiger partial charge in [-0.15, -0.1) is 0 Å². The minimum atomic E-state index is -0.708. The maximum Gasteiger partial charge on any atom is 0.303 e. The van der Waals surface area contributed by atoms with Crippen LogP contribution in [-0.4, -0.2) is 17.7 Å². The van der Waals surface area contributed by atoms with E-state index in [1.807, 2.05) is 43.3 Å². The molecule has 1 N–H and O–H groups in total. The maximum absolute atomic E-state index is 10.4. The molecule has 26 heavy (non-hydrogen) atoms. The Morgan fingerprint density at radius 1 is 0.885 bits per heavy atom. The zero-order valence-corrected chi connectivity index (χ0v) is 15.2. The number of aliphatic carboxylic acids is 1. The van der Waals surface area contributed by atoms with E-state index in [1.165, 1.54) is 5.56 Å². The third-order valence-electron chi connectivity index (χ3n) is 3.97. The van der Waals surface area contributed by atoms with Crippen LogP contribution in [-0.2, 0) is 11.2 Å². The van der Waals surface area contributed by atoms with Crippen LogP contribution in [0.2, 0.25) is 0 Å². The molecule has 0 heterocycles. The van der Waals surface area contributed by atoms with Gasteiger partial charge in [0.1, 0.15) is 5.75 Å². The van der Waals surface area contributed by atoms with E-state index in [2.05, 4.69) is 22.4 Å². The topological polar surface area (TPSA) is 71.2 Å². The molecular weight excluding hydrogens is 328 g/mol. The summed E-state index contributed by atoms with van der Waals surface area (Å²) in [5.74, 6) is 0.124. The van der Waals surface area contributed by atoms with Gasteiger partial charge in [0.15, 0.2) is 0 Å². The first kappa shape index (κ1) is 19.6. The molecule has 0 amide bonds.